The van der Waals surface area contributed by atoms with Gasteiger partial charge in [0, 0.05) is 36.2 Å². The molecule has 6 heteroatoms. The number of nitrogens with one attached hydrogen (secondary N) is 1. The van der Waals surface area contributed by atoms with Gasteiger partial charge >= 0.3 is 0 Å². The second kappa shape index (κ2) is 5.58. The number of hydrogen-bond acceptors (Lipinski definition) is 2. The first kappa shape index (κ1) is 16.1. The second-order valence-electron chi connectivity index (χ2n) is 7.20. The molecule has 0 unspecified atom stereocenters. The summed E-state index contributed by atoms with van der Waals surface area (Å²) in [6, 6.07) is 8.12. The maximum atomic E-state index is 13.1. The fourth-order valence-electron chi connectivity index (χ4n) is 3.97. The van der Waals surface area contributed by atoms with E-state index in [9.17, 15) is 8.42 Å². The Morgan fingerprint density at radius 3 is 2.71 bits per heavy atom. The number of H-pyrrole nitrogens is 1. The van der Waals surface area contributed by atoms with E-state index in [1.54, 1.807) is 15.7 Å². The summed E-state index contributed by atoms with van der Waals surface area (Å²) in [6.45, 7) is 4.55. The van der Waals surface area contributed by atoms with Gasteiger partial charge in [0.1, 0.15) is 0 Å². The Labute approximate surface area is 143 Å². The number of fused-ring (bicyclic) bond motifs is 3. The van der Waals surface area contributed by atoms with Gasteiger partial charge in [-0.1, -0.05) is 18.2 Å². The molecule has 2 atom stereocenters. The highest BCUT2D eigenvalue weighted by Crippen LogP contribution is 2.39. The Bertz CT molecular complexity index is 870. The topological polar surface area (TPSA) is 56.4 Å². The van der Waals surface area contributed by atoms with Crippen molar-refractivity contribution in [3.63, 3.8) is 0 Å². The number of rotatable bonds is 4. The van der Waals surface area contributed by atoms with Crippen LogP contribution in [-0.4, -0.2) is 41.6 Å². The van der Waals surface area contributed by atoms with Crippen LogP contribution in [0.25, 0.3) is 10.9 Å². The van der Waals surface area contributed by atoms with Crippen LogP contribution in [0, 0.1) is 5.92 Å². The standard InChI is InChI=1S/C18H25N3O2S/c1-12(14-8-9-14)20(3)24(22,23)21-11-10-16-15-6-4-5-7-17(15)19-18(16)13(21)2/h4-7,12-14,19H,8-11H2,1-3H3/t12-,13-/m0/s1. The molecule has 1 aromatic heterocycles. The van der Waals surface area contributed by atoms with E-state index in [1.807, 2.05) is 26.0 Å². The quantitative estimate of drug-likeness (QED) is 0.924. The second-order valence-corrected chi connectivity index (χ2v) is 9.14. The zero-order valence-electron chi connectivity index (χ0n) is 14.5. The van der Waals surface area contributed by atoms with E-state index in [0.717, 1.165) is 30.5 Å². The molecule has 5 nitrogen and oxygen atoms in total. The Balaban J connectivity index is 1.68. The fourth-order valence-corrected chi connectivity index (χ4v) is 5.72. The van der Waals surface area contributed by atoms with Gasteiger partial charge < -0.3 is 4.98 Å². The average Bonchev–Trinajstić information content (AvgIpc) is 3.34. The van der Waals surface area contributed by atoms with E-state index in [1.165, 1.54) is 10.9 Å². The number of benzene rings is 1. The third-order valence-corrected chi connectivity index (χ3v) is 7.97. The minimum atomic E-state index is -3.45. The lowest BCUT2D eigenvalue weighted by Crippen LogP contribution is -2.49. The third-order valence-electron chi connectivity index (χ3n) is 5.82. The lowest BCUT2D eigenvalue weighted by molar-refractivity contribution is 0.269. The van der Waals surface area contributed by atoms with Gasteiger partial charge in [-0.15, -0.1) is 0 Å². The minimum Gasteiger partial charge on any atom is -0.357 e. The van der Waals surface area contributed by atoms with E-state index in [4.69, 9.17) is 0 Å². The molecular weight excluding hydrogens is 322 g/mol. The molecule has 2 aromatic rings. The summed E-state index contributed by atoms with van der Waals surface area (Å²) in [4.78, 5) is 3.45. The molecule has 2 heterocycles. The van der Waals surface area contributed by atoms with Crippen LogP contribution in [0.4, 0.5) is 0 Å². The van der Waals surface area contributed by atoms with E-state index in [0.29, 0.717) is 12.5 Å². The van der Waals surface area contributed by atoms with Crippen molar-refractivity contribution in [2.45, 2.75) is 45.2 Å². The van der Waals surface area contributed by atoms with Gasteiger partial charge in [-0.25, -0.2) is 0 Å². The van der Waals surface area contributed by atoms with Crippen molar-refractivity contribution >= 4 is 21.1 Å². The van der Waals surface area contributed by atoms with Crippen LogP contribution in [0.3, 0.4) is 0 Å². The van der Waals surface area contributed by atoms with Crippen molar-refractivity contribution in [1.29, 1.82) is 0 Å². The molecular formula is C18H25N3O2S. The smallest absolute Gasteiger partial charge is 0.282 e. The molecule has 1 saturated carbocycles. The van der Waals surface area contributed by atoms with E-state index < -0.39 is 10.2 Å². The van der Waals surface area contributed by atoms with Gasteiger partial charge in [-0.3, -0.25) is 0 Å². The molecule has 1 aliphatic carbocycles. The number of para-hydroxylation sites is 1. The molecule has 130 valence electrons. The Morgan fingerprint density at radius 2 is 2.00 bits per heavy atom. The van der Waals surface area contributed by atoms with Crippen LogP contribution in [0.15, 0.2) is 24.3 Å². The zero-order valence-corrected chi connectivity index (χ0v) is 15.3. The van der Waals surface area contributed by atoms with Crippen molar-refractivity contribution in [2.75, 3.05) is 13.6 Å². The van der Waals surface area contributed by atoms with Crippen molar-refractivity contribution in [3.8, 4) is 0 Å². The number of aromatic amines is 1. The summed E-state index contributed by atoms with van der Waals surface area (Å²) in [6.07, 6.45) is 3.04. The summed E-state index contributed by atoms with van der Waals surface area (Å²) in [5.74, 6) is 0.522. The van der Waals surface area contributed by atoms with Crippen molar-refractivity contribution in [1.82, 2.24) is 13.6 Å². The molecule has 1 fully saturated rings. The SMILES string of the molecule is C[C@@H](C1CC1)N(C)S(=O)(=O)N1CCc2c([nH]c3ccccc23)[C@@H]1C. The van der Waals surface area contributed by atoms with Gasteiger partial charge in [-0.05, 0) is 50.7 Å². The van der Waals surface area contributed by atoms with E-state index in [-0.39, 0.29) is 12.1 Å². The Kier molecular flexibility index (Phi) is 3.74. The minimum absolute atomic E-state index is 0.0753. The van der Waals surface area contributed by atoms with Crippen molar-refractivity contribution < 1.29 is 8.42 Å². The number of aromatic nitrogens is 1. The normalized spacial score (nSPS) is 23.6. The van der Waals surface area contributed by atoms with E-state index >= 15 is 0 Å². The van der Waals surface area contributed by atoms with Crippen LogP contribution in [-0.2, 0) is 16.6 Å². The van der Waals surface area contributed by atoms with Crippen LogP contribution in [0.2, 0.25) is 0 Å². The van der Waals surface area contributed by atoms with Gasteiger partial charge in [0.15, 0.2) is 0 Å². The van der Waals surface area contributed by atoms with E-state index in [2.05, 4.69) is 17.1 Å². The molecule has 24 heavy (non-hydrogen) atoms. The molecule has 0 amide bonds. The summed E-state index contributed by atoms with van der Waals surface area (Å²) in [7, 11) is -1.72. The first-order valence-electron chi connectivity index (χ1n) is 8.75. The Hall–Kier alpha value is -1.37. The van der Waals surface area contributed by atoms with Gasteiger partial charge in [0.25, 0.3) is 10.2 Å². The van der Waals surface area contributed by atoms with Crippen molar-refractivity contribution in [2.24, 2.45) is 5.92 Å². The molecule has 0 radical (unpaired) electrons. The molecule has 1 N–H and O–H groups in total. The number of nitrogens with zero attached hydrogens (tertiary/aromatic N) is 2. The van der Waals surface area contributed by atoms with Crippen LogP contribution >= 0.6 is 0 Å². The van der Waals surface area contributed by atoms with Crippen LogP contribution in [0.5, 0.6) is 0 Å². The summed E-state index contributed by atoms with van der Waals surface area (Å²) in [5, 5.41) is 1.22. The van der Waals surface area contributed by atoms with Gasteiger partial charge in [0.05, 0.1) is 6.04 Å². The van der Waals surface area contributed by atoms with Gasteiger partial charge in [0.2, 0.25) is 0 Å². The highest BCUT2D eigenvalue weighted by Gasteiger charge is 2.41. The van der Waals surface area contributed by atoms with Crippen LogP contribution in [0.1, 0.15) is 44.0 Å². The molecule has 0 saturated heterocycles. The third kappa shape index (κ3) is 2.39. The van der Waals surface area contributed by atoms with Crippen LogP contribution < -0.4 is 0 Å². The Morgan fingerprint density at radius 1 is 1.29 bits per heavy atom. The average molecular weight is 347 g/mol. The molecule has 1 aliphatic heterocycles. The van der Waals surface area contributed by atoms with Gasteiger partial charge in [-0.2, -0.15) is 17.0 Å². The predicted molar refractivity (Wildman–Crippen MR) is 96.0 cm³/mol. The summed E-state index contributed by atoms with van der Waals surface area (Å²) >= 11 is 0. The molecule has 4 rings (SSSR count). The first-order chi connectivity index (χ1) is 11.4. The lowest BCUT2D eigenvalue weighted by atomic mass is 10.0. The fraction of sp³-hybridized carbons (Fsp3) is 0.556. The maximum absolute atomic E-state index is 13.1. The lowest BCUT2D eigenvalue weighted by Gasteiger charge is -2.37. The highest BCUT2D eigenvalue weighted by molar-refractivity contribution is 7.86. The van der Waals surface area contributed by atoms with Crippen molar-refractivity contribution in [3.05, 3.63) is 35.5 Å². The molecule has 1 aromatic carbocycles. The summed E-state index contributed by atoms with van der Waals surface area (Å²) < 4.78 is 29.5. The monoisotopic (exact) mass is 347 g/mol. The highest BCUT2D eigenvalue weighted by atomic mass is 32.2. The molecule has 0 bridgehead atoms. The summed E-state index contributed by atoms with van der Waals surface area (Å²) in [5.41, 5.74) is 3.40. The zero-order chi connectivity index (χ0) is 17.1. The largest absolute Gasteiger partial charge is 0.357 e. The predicted octanol–water partition coefficient (Wildman–Crippen LogP) is 3.06. The molecule has 2 aliphatic rings. The first-order valence-corrected chi connectivity index (χ1v) is 10.1. The number of hydrogen-bond donors (Lipinski definition) is 1. The maximum Gasteiger partial charge on any atom is 0.282 e. The molecule has 0 spiro atoms.